The summed E-state index contributed by atoms with van der Waals surface area (Å²) in [6.07, 6.45) is 4.23. The molecule has 1 rings (SSSR count). The average Bonchev–Trinajstić information content (AvgIpc) is 2.43. The van der Waals surface area contributed by atoms with Crippen molar-refractivity contribution in [2.45, 2.75) is 12.8 Å². The van der Waals surface area contributed by atoms with Gasteiger partial charge >= 0.3 is 0 Å². The normalized spacial score (nSPS) is 15.2. The number of aliphatic imine (C=N–C) groups is 1. The highest BCUT2D eigenvalue weighted by molar-refractivity contribution is 7.99. The van der Waals surface area contributed by atoms with E-state index in [0.717, 1.165) is 0 Å². The second kappa shape index (κ2) is 7.73. The van der Waals surface area contributed by atoms with E-state index in [1.807, 2.05) is 0 Å². The van der Waals surface area contributed by atoms with Gasteiger partial charge in [-0.05, 0) is 24.3 Å². The number of nitrogens with zero attached hydrogens (tertiary/aromatic N) is 1. The highest BCUT2D eigenvalue weighted by Crippen LogP contribution is 2.14. The van der Waals surface area contributed by atoms with Crippen molar-refractivity contribution in [3.05, 3.63) is 0 Å². The van der Waals surface area contributed by atoms with Gasteiger partial charge in [0.2, 0.25) is 6.08 Å². The third kappa shape index (κ3) is 7.73. The second-order valence-corrected chi connectivity index (χ2v) is 2.86. The molecule has 0 atom stereocenters. The van der Waals surface area contributed by atoms with Crippen molar-refractivity contribution < 1.29 is 4.79 Å². The lowest BCUT2D eigenvalue weighted by Crippen LogP contribution is -1.58. The van der Waals surface area contributed by atoms with Gasteiger partial charge in [-0.15, -0.1) is 0 Å². The molecule has 0 aromatic carbocycles. The van der Waals surface area contributed by atoms with E-state index in [4.69, 9.17) is 4.79 Å². The topological polar surface area (TPSA) is 29.4 Å². The van der Waals surface area contributed by atoms with Gasteiger partial charge < -0.3 is 0 Å². The summed E-state index contributed by atoms with van der Waals surface area (Å²) in [5.41, 5.74) is 0. The lowest BCUT2D eigenvalue weighted by Gasteiger charge is -1.69. The van der Waals surface area contributed by atoms with Crippen LogP contribution >= 0.6 is 11.8 Å². The molecule has 0 aromatic rings. The van der Waals surface area contributed by atoms with E-state index < -0.39 is 0 Å². The van der Waals surface area contributed by atoms with Crippen LogP contribution in [0.3, 0.4) is 0 Å². The second-order valence-electron chi connectivity index (χ2n) is 1.63. The lowest BCUT2D eigenvalue weighted by atomic mass is 10.4. The zero-order valence-electron chi connectivity index (χ0n) is 5.59. The maximum absolute atomic E-state index is 8.88. The summed E-state index contributed by atoms with van der Waals surface area (Å²) in [6.45, 7) is 0. The predicted octanol–water partition coefficient (Wildman–Crippen LogP) is 1.47. The largest absolute Gasteiger partial charge is 0.234 e. The highest BCUT2D eigenvalue weighted by Gasteiger charge is 1.95. The fourth-order valence-corrected chi connectivity index (χ4v) is 1.53. The Kier molecular flexibility index (Phi) is 7.50. The van der Waals surface area contributed by atoms with Crippen LogP contribution in [0.2, 0.25) is 0 Å². The van der Waals surface area contributed by atoms with Gasteiger partial charge in [0.1, 0.15) is 0 Å². The molecule has 0 N–H and O–H groups in total. The molecular weight excluding hydrogens is 134 g/mol. The minimum atomic E-state index is 1.31. The van der Waals surface area contributed by atoms with Crippen LogP contribution in [0.25, 0.3) is 0 Å². The van der Waals surface area contributed by atoms with E-state index >= 15 is 0 Å². The van der Waals surface area contributed by atoms with Crippen LogP contribution in [0.15, 0.2) is 4.99 Å². The zero-order valence-corrected chi connectivity index (χ0v) is 6.41. The van der Waals surface area contributed by atoms with Crippen molar-refractivity contribution in [2.75, 3.05) is 18.6 Å². The van der Waals surface area contributed by atoms with Crippen LogP contribution in [0.1, 0.15) is 12.8 Å². The van der Waals surface area contributed by atoms with Crippen molar-refractivity contribution in [3.63, 3.8) is 0 Å². The van der Waals surface area contributed by atoms with E-state index in [1.54, 1.807) is 0 Å². The molecule has 1 aliphatic rings. The molecule has 0 aliphatic carbocycles. The van der Waals surface area contributed by atoms with Gasteiger partial charge in [-0.3, -0.25) is 0 Å². The maximum Gasteiger partial charge on any atom is 0.234 e. The Labute approximate surface area is 59.7 Å². The lowest BCUT2D eigenvalue weighted by molar-refractivity contribution is 0.564. The summed E-state index contributed by atoms with van der Waals surface area (Å²) in [5.74, 6) is 2.83. The molecule has 1 saturated heterocycles. The minimum Gasteiger partial charge on any atom is -0.211 e. The molecule has 1 aliphatic heterocycles. The quantitative estimate of drug-likeness (QED) is 0.381. The molecule has 9 heavy (non-hydrogen) atoms. The molecule has 0 aromatic heterocycles. The van der Waals surface area contributed by atoms with Crippen molar-refractivity contribution in [3.8, 4) is 0 Å². The Hall–Kier alpha value is -0.270. The van der Waals surface area contributed by atoms with Gasteiger partial charge in [-0.25, -0.2) is 9.79 Å². The van der Waals surface area contributed by atoms with Crippen LogP contribution in [0, 0.1) is 0 Å². The predicted molar refractivity (Wildman–Crippen MR) is 40.6 cm³/mol. The Morgan fingerprint density at radius 2 is 1.89 bits per heavy atom. The zero-order chi connectivity index (χ0) is 6.95. The average molecular weight is 145 g/mol. The van der Waals surface area contributed by atoms with Gasteiger partial charge in [0.15, 0.2) is 0 Å². The summed E-state index contributed by atoms with van der Waals surface area (Å²) in [6, 6.07) is 0. The van der Waals surface area contributed by atoms with E-state index in [1.165, 1.54) is 37.5 Å². The standard InChI is InChI=1S/C4H8S.C2H3NO/c1-2-4-5-3-1;1-3-2-4/h1-4H2;1H3. The summed E-state index contributed by atoms with van der Waals surface area (Å²) in [7, 11) is 1.38. The highest BCUT2D eigenvalue weighted by atomic mass is 32.2. The molecule has 1 fully saturated rings. The van der Waals surface area contributed by atoms with E-state index in [0.29, 0.717) is 0 Å². The van der Waals surface area contributed by atoms with Crippen LogP contribution in [0.5, 0.6) is 0 Å². The van der Waals surface area contributed by atoms with Crippen molar-refractivity contribution >= 4 is 17.8 Å². The molecule has 2 nitrogen and oxygen atoms in total. The first-order chi connectivity index (χ1) is 4.41. The number of thioether (sulfide) groups is 1. The molecule has 0 unspecified atom stereocenters. The fraction of sp³-hybridized carbons (Fsp3) is 0.833. The Bertz CT molecular complexity index is 87.6. The molecule has 0 radical (unpaired) electrons. The van der Waals surface area contributed by atoms with E-state index in [-0.39, 0.29) is 0 Å². The van der Waals surface area contributed by atoms with Gasteiger partial charge in [0.05, 0.1) is 0 Å². The SMILES string of the molecule is C1CCSC1.CN=C=O. The first-order valence-corrected chi connectivity index (χ1v) is 4.11. The van der Waals surface area contributed by atoms with Crippen molar-refractivity contribution in [2.24, 2.45) is 4.99 Å². The number of carbonyl (C=O) groups excluding carboxylic acids is 1. The molecular formula is C6H11NOS. The summed E-state index contributed by atoms with van der Waals surface area (Å²) in [5, 5.41) is 0. The first-order valence-electron chi connectivity index (χ1n) is 2.95. The van der Waals surface area contributed by atoms with Crippen molar-refractivity contribution in [1.82, 2.24) is 0 Å². The number of isocyanates is 1. The molecule has 0 spiro atoms. The number of hydrogen-bond donors (Lipinski definition) is 0. The van der Waals surface area contributed by atoms with Gasteiger partial charge in [-0.2, -0.15) is 11.8 Å². The van der Waals surface area contributed by atoms with Crippen LogP contribution in [-0.2, 0) is 4.79 Å². The minimum absolute atomic E-state index is 1.31. The Morgan fingerprint density at radius 3 is 2.00 bits per heavy atom. The van der Waals surface area contributed by atoms with Crippen molar-refractivity contribution in [1.29, 1.82) is 0 Å². The molecule has 1 heterocycles. The van der Waals surface area contributed by atoms with Gasteiger partial charge in [0.25, 0.3) is 0 Å². The summed E-state index contributed by atoms with van der Waals surface area (Å²) in [4.78, 5) is 11.8. The van der Waals surface area contributed by atoms with Crippen LogP contribution < -0.4 is 0 Å². The third-order valence-electron chi connectivity index (χ3n) is 0.919. The molecule has 0 saturated carbocycles. The van der Waals surface area contributed by atoms with Crippen LogP contribution in [0.4, 0.5) is 0 Å². The molecule has 3 heteroatoms. The van der Waals surface area contributed by atoms with Gasteiger partial charge in [-0.1, -0.05) is 0 Å². The summed E-state index contributed by atoms with van der Waals surface area (Å²) >= 11 is 2.07. The summed E-state index contributed by atoms with van der Waals surface area (Å²) < 4.78 is 0. The molecule has 0 amide bonds. The Morgan fingerprint density at radius 1 is 1.44 bits per heavy atom. The van der Waals surface area contributed by atoms with Crippen LogP contribution in [-0.4, -0.2) is 24.6 Å². The number of hydrogen-bond acceptors (Lipinski definition) is 3. The third-order valence-corrected chi connectivity index (χ3v) is 2.07. The van der Waals surface area contributed by atoms with E-state index in [2.05, 4.69) is 16.8 Å². The first kappa shape index (κ1) is 8.73. The van der Waals surface area contributed by atoms with E-state index in [9.17, 15) is 0 Å². The van der Waals surface area contributed by atoms with Gasteiger partial charge in [0, 0.05) is 7.05 Å². The monoisotopic (exact) mass is 145 g/mol. The smallest absolute Gasteiger partial charge is 0.211 e. The molecule has 52 valence electrons. The number of rotatable bonds is 0. The Balaban J connectivity index is 0.000000148. The maximum atomic E-state index is 8.88. The molecule has 0 bridgehead atoms. The fourth-order valence-electron chi connectivity index (χ4n) is 0.510.